The predicted molar refractivity (Wildman–Crippen MR) is 149 cm³/mol. The molecule has 12 heteroatoms. The van der Waals surface area contributed by atoms with Gasteiger partial charge in [0.25, 0.3) is 11.8 Å². The van der Waals surface area contributed by atoms with Crippen LogP contribution in [-0.2, 0) is 20.9 Å². The Bertz CT molecular complexity index is 1360. The molecular formula is C31H36F3N3O6. The molecule has 43 heavy (non-hydrogen) atoms. The molecule has 5 rings (SSSR count). The van der Waals surface area contributed by atoms with Crippen molar-refractivity contribution in [3.63, 3.8) is 0 Å². The third kappa shape index (κ3) is 6.90. The number of fused-ring (bicyclic) bond motifs is 1. The Morgan fingerprint density at radius 1 is 0.977 bits per heavy atom. The minimum absolute atomic E-state index is 0.0511. The zero-order chi connectivity index (χ0) is 31.0. The summed E-state index contributed by atoms with van der Waals surface area (Å²) in [4.78, 5) is 40.3. The van der Waals surface area contributed by atoms with E-state index in [1.165, 1.54) is 24.3 Å². The zero-order valence-corrected chi connectivity index (χ0v) is 24.2. The lowest BCUT2D eigenvalue weighted by Crippen LogP contribution is -2.48. The van der Waals surface area contributed by atoms with Crippen molar-refractivity contribution in [1.82, 2.24) is 9.80 Å². The van der Waals surface area contributed by atoms with E-state index >= 15 is 0 Å². The van der Waals surface area contributed by atoms with E-state index in [2.05, 4.69) is 15.7 Å². The fraction of sp³-hybridized carbons (Fsp3) is 0.516. The summed E-state index contributed by atoms with van der Waals surface area (Å²) in [6.45, 7) is 8.42. The summed E-state index contributed by atoms with van der Waals surface area (Å²) in [5, 5.41) is 0. The molecule has 2 amide bonds. The molecule has 2 N–H and O–H groups in total. The molecule has 3 aliphatic rings. The number of benzene rings is 2. The number of nitrogens with two attached hydrogens (primary N) is 1. The van der Waals surface area contributed by atoms with Gasteiger partial charge in [0, 0.05) is 36.3 Å². The second kappa shape index (κ2) is 11.7. The second-order valence-electron chi connectivity index (χ2n) is 12.3. The van der Waals surface area contributed by atoms with E-state index in [9.17, 15) is 27.6 Å². The Kier molecular flexibility index (Phi) is 8.34. The monoisotopic (exact) mass is 603 g/mol. The van der Waals surface area contributed by atoms with Crippen LogP contribution in [0, 0.1) is 5.41 Å². The lowest BCUT2D eigenvalue weighted by molar-refractivity contribution is -0.205. The highest BCUT2D eigenvalue weighted by Crippen LogP contribution is 2.43. The topological polar surface area (TPSA) is 111 Å². The highest BCUT2D eigenvalue weighted by molar-refractivity contribution is 5.94. The van der Waals surface area contributed by atoms with E-state index in [1.807, 2.05) is 26.0 Å². The van der Waals surface area contributed by atoms with Crippen molar-refractivity contribution in [2.45, 2.75) is 64.0 Å². The molecule has 3 heterocycles. The van der Waals surface area contributed by atoms with Crippen LogP contribution >= 0.6 is 0 Å². The first kappa shape index (κ1) is 30.7. The quantitative estimate of drug-likeness (QED) is 0.488. The number of carbonyl (C=O) groups is 3. The summed E-state index contributed by atoms with van der Waals surface area (Å²) < 4.78 is 54.2. The van der Waals surface area contributed by atoms with E-state index in [0.29, 0.717) is 25.3 Å². The Morgan fingerprint density at radius 2 is 1.60 bits per heavy atom. The van der Waals surface area contributed by atoms with Gasteiger partial charge in [-0.1, -0.05) is 24.3 Å². The lowest BCUT2D eigenvalue weighted by Gasteiger charge is -2.47. The van der Waals surface area contributed by atoms with Crippen molar-refractivity contribution in [3.8, 4) is 11.5 Å². The average molecular weight is 604 g/mol. The number of piperidine rings is 2. The normalized spacial score (nSPS) is 20.3. The zero-order valence-electron chi connectivity index (χ0n) is 24.2. The molecule has 2 saturated heterocycles. The van der Waals surface area contributed by atoms with Crippen molar-refractivity contribution in [2.75, 3.05) is 32.8 Å². The van der Waals surface area contributed by atoms with Gasteiger partial charge in [-0.2, -0.15) is 13.2 Å². The molecular weight excluding hydrogens is 567 g/mol. The van der Waals surface area contributed by atoms with Gasteiger partial charge < -0.3 is 24.8 Å². The Balaban J connectivity index is 1.14. The smallest absolute Gasteiger partial charge is 0.486 e. The van der Waals surface area contributed by atoms with Crippen LogP contribution in [0.4, 0.5) is 13.2 Å². The molecule has 2 aromatic carbocycles. The van der Waals surface area contributed by atoms with Crippen LogP contribution < -0.4 is 15.2 Å². The van der Waals surface area contributed by atoms with Crippen LogP contribution in [0.15, 0.2) is 42.5 Å². The number of hydrogen-bond donors (Lipinski definition) is 1. The lowest BCUT2D eigenvalue weighted by atomic mass is 9.71. The third-order valence-electron chi connectivity index (χ3n) is 8.61. The van der Waals surface area contributed by atoms with Crippen LogP contribution in [0.1, 0.15) is 67.1 Å². The van der Waals surface area contributed by atoms with Gasteiger partial charge in [0.2, 0.25) is 6.10 Å². The summed E-state index contributed by atoms with van der Waals surface area (Å²) in [7, 11) is 0. The summed E-state index contributed by atoms with van der Waals surface area (Å²) in [5.74, 6) is -2.36. The number of para-hydroxylation sites is 1. The molecule has 3 aliphatic heterocycles. The Hall–Kier alpha value is -3.80. The number of rotatable bonds is 6. The Morgan fingerprint density at radius 3 is 2.21 bits per heavy atom. The van der Waals surface area contributed by atoms with E-state index < -0.39 is 24.2 Å². The molecule has 9 nitrogen and oxygen atoms in total. The van der Waals surface area contributed by atoms with Crippen LogP contribution in [0.25, 0.3) is 0 Å². The molecule has 1 spiro atoms. The van der Waals surface area contributed by atoms with Gasteiger partial charge in [0.05, 0.1) is 0 Å². The molecule has 1 atom stereocenters. The summed E-state index contributed by atoms with van der Waals surface area (Å²) in [6, 6.07) is 11.4. The van der Waals surface area contributed by atoms with E-state index in [-0.39, 0.29) is 22.5 Å². The average Bonchev–Trinajstić information content (AvgIpc) is 2.96. The van der Waals surface area contributed by atoms with Gasteiger partial charge >= 0.3 is 12.1 Å². The van der Waals surface area contributed by atoms with Crippen LogP contribution in [0.3, 0.4) is 0 Å². The molecule has 2 fully saturated rings. The predicted octanol–water partition coefficient (Wildman–Crippen LogP) is 4.39. The standard InChI is InChI=1S/C31H36F3N3O6/c1-29(2)19-41-23-5-3-4-22(24(23)43-29)18-36-14-10-30(11-15-36)12-16-37(17-13-30)27(39)21-8-6-20(7-9-21)25(26(35)38)42-28(40)31(32,33)34/h3-9,25H,10-19H2,1-2H3,(H2,35,38). The number of ether oxygens (including phenoxy) is 3. The number of likely N-dealkylation sites (tertiary alicyclic amines) is 2. The number of esters is 1. The first-order valence-electron chi connectivity index (χ1n) is 14.4. The summed E-state index contributed by atoms with van der Waals surface area (Å²) in [5.41, 5.74) is 6.34. The van der Waals surface area contributed by atoms with Crippen molar-refractivity contribution < 1.29 is 41.8 Å². The first-order chi connectivity index (χ1) is 20.3. The molecule has 0 aliphatic carbocycles. The molecule has 232 valence electrons. The summed E-state index contributed by atoms with van der Waals surface area (Å²) >= 11 is 0. The van der Waals surface area contributed by atoms with E-state index in [0.717, 1.165) is 62.4 Å². The summed E-state index contributed by atoms with van der Waals surface area (Å²) in [6.07, 6.45) is -3.35. The molecule has 0 radical (unpaired) electrons. The van der Waals surface area contributed by atoms with E-state index in [1.54, 1.807) is 4.90 Å². The van der Waals surface area contributed by atoms with E-state index in [4.69, 9.17) is 15.2 Å². The molecule has 2 aromatic rings. The minimum Gasteiger partial charge on any atom is -0.486 e. The van der Waals surface area contributed by atoms with Gasteiger partial charge in [0.15, 0.2) is 11.5 Å². The first-order valence-corrected chi connectivity index (χ1v) is 14.4. The van der Waals surface area contributed by atoms with Gasteiger partial charge in [-0.15, -0.1) is 0 Å². The van der Waals surface area contributed by atoms with Gasteiger partial charge in [-0.05, 0) is 76.2 Å². The number of amides is 2. The van der Waals surface area contributed by atoms with Crippen molar-refractivity contribution in [2.24, 2.45) is 11.1 Å². The van der Waals surface area contributed by atoms with Crippen molar-refractivity contribution in [1.29, 1.82) is 0 Å². The number of alkyl halides is 3. The highest BCUT2D eigenvalue weighted by atomic mass is 19.4. The largest absolute Gasteiger partial charge is 0.490 e. The number of halogens is 3. The maximum Gasteiger partial charge on any atom is 0.490 e. The number of nitrogens with zero attached hydrogens (tertiary/aromatic N) is 2. The van der Waals surface area contributed by atoms with Gasteiger partial charge in [0.1, 0.15) is 12.2 Å². The van der Waals surface area contributed by atoms with Crippen molar-refractivity contribution in [3.05, 3.63) is 59.2 Å². The molecule has 0 bridgehead atoms. The number of hydrogen-bond acceptors (Lipinski definition) is 7. The van der Waals surface area contributed by atoms with Crippen molar-refractivity contribution >= 4 is 17.8 Å². The van der Waals surface area contributed by atoms with Crippen LogP contribution in [0.5, 0.6) is 11.5 Å². The number of primary amides is 1. The number of carbonyl (C=O) groups excluding carboxylic acids is 3. The molecule has 1 unspecified atom stereocenters. The second-order valence-corrected chi connectivity index (χ2v) is 12.3. The molecule has 0 saturated carbocycles. The third-order valence-corrected chi connectivity index (χ3v) is 8.61. The SMILES string of the molecule is CC1(C)COc2cccc(CN3CCC4(CC3)CCN(C(=O)c3ccc(C(OC(=O)C(F)(F)F)C(N)=O)cc3)CC4)c2O1. The fourth-order valence-electron chi connectivity index (χ4n) is 6.03. The molecule has 0 aromatic heterocycles. The Labute approximate surface area is 248 Å². The van der Waals surface area contributed by atoms with Crippen LogP contribution in [0.2, 0.25) is 0 Å². The fourth-order valence-corrected chi connectivity index (χ4v) is 6.03. The maximum absolute atomic E-state index is 13.2. The minimum atomic E-state index is -5.27. The van der Waals surface area contributed by atoms with Crippen LogP contribution in [-0.4, -0.2) is 72.1 Å². The maximum atomic E-state index is 13.2. The van der Waals surface area contributed by atoms with Gasteiger partial charge in [-0.3, -0.25) is 14.5 Å². The van der Waals surface area contributed by atoms with Gasteiger partial charge in [-0.25, -0.2) is 4.79 Å². The highest BCUT2D eigenvalue weighted by Gasteiger charge is 2.44.